The molecule has 25 heavy (non-hydrogen) atoms. The Morgan fingerprint density at radius 1 is 1.32 bits per heavy atom. The smallest absolute Gasteiger partial charge is 0.312 e. The van der Waals surface area contributed by atoms with Gasteiger partial charge >= 0.3 is 5.97 Å². The molecule has 0 fully saturated rings. The van der Waals surface area contributed by atoms with Crippen LogP contribution in [0.1, 0.15) is 19.8 Å². The van der Waals surface area contributed by atoms with Crippen LogP contribution in [0.15, 0.2) is 71.8 Å². The molecular weight excluding hydrogens is 374 g/mol. The van der Waals surface area contributed by atoms with Gasteiger partial charge in [0.1, 0.15) is 0 Å². The maximum atomic E-state index is 11.8. The lowest BCUT2D eigenvalue weighted by Crippen LogP contribution is -2.14. The number of hydrogen-bond donors (Lipinski definition) is 0. The average Bonchev–Trinajstić information content (AvgIpc) is 2.88. The van der Waals surface area contributed by atoms with Gasteiger partial charge in [0.05, 0.1) is 24.6 Å². The third kappa shape index (κ3) is 3.33. The number of thioether (sulfide) groups is 2. The summed E-state index contributed by atoms with van der Waals surface area (Å²) in [6.07, 6.45) is 9.45. The predicted octanol–water partition coefficient (Wildman–Crippen LogP) is 5.25. The molecule has 4 rings (SSSR count). The standard InChI is InChI=1S/C19H16ClNO2S2/c1-2-23-17(22)9-16-21-10-12-6-13(20)8-15-14(19(12)25-16)7-11-4-3-5-24-18(11)15/h3-6,8H,2,7,9-10H2,1H3. The number of carbonyl (C=O) groups excluding carboxylic acids is 1. The number of esters is 1. The molecule has 0 atom stereocenters. The van der Waals surface area contributed by atoms with Gasteiger partial charge in [-0.1, -0.05) is 47.3 Å². The van der Waals surface area contributed by atoms with Crippen molar-refractivity contribution in [2.75, 3.05) is 13.2 Å². The van der Waals surface area contributed by atoms with Crippen molar-refractivity contribution in [3.63, 3.8) is 0 Å². The van der Waals surface area contributed by atoms with Crippen molar-refractivity contribution < 1.29 is 9.53 Å². The van der Waals surface area contributed by atoms with Gasteiger partial charge in [-0.2, -0.15) is 0 Å². The molecule has 0 N–H and O–H groups in total. The number of ether oxygens (including phenoxy) is 1. The molecule has 3 nitrogen and oxygen atoms in total. The Morgan fingerprint density at radius 3 is 3.04 bits per heavy atom. The summed E-state index contributed by atoms with van der Waals surface area (Å²) in [6, 6.07) is 0. The van der Waals surface area contributed by atoms with Crippen LogP contribution in [0, 0.1) is 0 Å². The second-order valence-electron chi connectivity index (χ2n) is 5.86. The van der Waals surface area contributed by atoms with Gasteiger partial charge in [0.2, 0.25) is 0 Å². The minimum Gasteiger partial charge on any atom is -0.466 e. The fourth-order valence-electron chi connectivity index (χ4n) is 3.17. The van der Waals surface area contributed by atoms with Crippen LogP contribution < -0.4 is 0 Å². The lowest BCUT2D eigenvalue weighted by atomic mass is 10.1. The molecule has 4 aliphatic rings. The molecule has 2 aliphatic heterocycles. The first-order valence-electron chi connectivity index (χ1n) is 8.11. The van der Waals surface area contributed by atoms with Crippen molar-refractivity contribution in [2.45, 2.75) is 19.8 Å². The molecule has 128 valence electrons. The van der Waals surface area contributed by atoms with Crippen LogP contribution in [-0.2, 0) is 9.53 Å². The van der Waals surface area contributed by atoms with Gasteiger partial charge in [0.15, 0.2) is 0 Å². The molecule has 2 aliphatic carbocycles. The Labute approximate surface area is 160 Å². The van der Waals surface area contributed by atoms with Crippen LogP contribution in [0.5, 0.6) is 0 Å². The fraction of sp³-hybridized carbons (Fsp3) is 0.263. The van der Waals surface area contributed by atoms with Gasteiger partial charge in [0, 0.05) is 21.3 Å². The number of nitrogens with zero attached hydrogens (tertiary/aromatic N) is 1. The molecule has 0 radical (unpaired) electrons. The molecular formula is C19H16ClNO2S2. The van der Waals surface area contributed by atoms with Crippen molar-refractivity contribution in [1.29, 1.82) is 0 Å². The average molecular weight is 390 g/mol. The first-order chi connectivity index (χ1) is 12.2. The van der Waals surface area contributed by atoms with E-state index in [1.807, 2.05) is 13.0 Å². The van der Waals surface area contributed by atoms with E-state index in [0.717, 1.165) is 22.1 Å². The molecule has 0 aromatic carbocycles. The molecule has 2 heterocycles. The van der Waals surface area contributed by atoms with E-state index in [9.17, 15) is 4.79 Å². The topological polar surface area (TPSA) is 38.7 Å². The Balaban J connectivity index is 1.72. The van der Waals surface area contributed by atoms with E-state index in [2.05, 4.69) is 28.6 Å². The molecule has 0 amide bonds. The quantitative estimate of drug-likeness (QED) is 0.618. The predicted molar refractivity (Wildman–Crippen MR) is 107 cm³/mol. The van der Waals surface area contributed by atoms with E-state index in [1.54, 1.807) is 23.5 Å². The lowest BCUT2D eigenvalue weighted by Gasteiger charge is -2.19. The van der Waals surface area contributed by atoms with Crippen molar-refractivity contribution in [1.82, 2.24) is 0 Å². The van der Waals surface area contributed by atoms with E-state index in [0.29, 0.717) is 13.2 Å². The highest BCUT2D eigenvalue weighted by atomic mass is 35.5. The summed E-state index contributed by atoms with van der Waals surface area (Å²) >= 11 is 9.78. The Morgan fingerprint density at radius 2 is 2.20 bits per heavy atom. The minimum atomic E-state index is -0.224. The van der Waals surface area contributed by atoms with Crippen molar-refractivity contribution in [3.05, 3.63) is 66.8 Å². The Hall–Kier alpha value is -1.43. The third-order valence-corrected chi connectivity index (χ3v) is 6.65. The van der Waals surface area contributed by atoms with E-state index in [-0.39, 0.29) is 12.4 Å². The first-order valence-corrected chi connectivity index (χ1v) is 10.2. The summed E-state index contributed by atoms with van der Waals surface area (Å²) in [5.74, 6) is -0.224. The number of rotatable bonds is 3. The highest BCUT2D eigenvalue weighted by molar-refractivity contribution is 8.17. The highest BCUT2D eigenvalue weighted by Gasteiger charge is 2.31. The van der Waals surface area contributed by atoms with Crippen LogP contribution >= 0.6 is 35.1 Å². The second-order valence-corrected chi connectivity index (χ2v) is 8.29. The van der Waals surface area contributed by atoms with Gasteiger partial charge in [-0.05, 0) is 46.8 Å². The van der Waals surface area contributed by atoms with Crippen molar-refractivity contribution >= 4 is 46.1 Å². The van der Waals surface area contributed by atoms with Crippen LogP contribution in [-0.4, -0.2) is 24.2 Å². The van der Waals surface area contributed by atoms with E-state index < -0.39 is 0 Å². The summed E-state index contributed by atoms with van der Waals surface area (Å²) in [5, 5.41) is 3.64. The number of hydrogen-bond acceptors (Lipinski definition) is 5. The summed E-state index contributed by atoms with van der Waals surface area (Å²) < 4.78 is 5.06. The SMILES string of the molecule is CCOC(=O)CC1=NCC2=CC(Cl)=CC3=C4SC=CC=C4CC3=C2S1. The van der Waals surface area contributed by atoms with Crippen LogP contribution in [0.3, 0.4) is 0 Å². The zero-order valence-electron chi connectivity index (χ0n) is 13.7. The maximum Gasteiger partial charge on any atom is 0.312 e. The largest absolute Gasteiger partial charge is 0.466 e. The molecule has 0 aromatic rings. The normalized spacial score (nSPS) is 21.5. The molecule has 0 unspecified atom stereocenters. The fourth-order valence-corrected chi connectivity index (χ4v) is 5.42. The van der Waals surface area contributed by atoms with Gasteiger partial charge in [-0.25, -0.2) is 0 Å². The molecule has 0 aromatic heterocycles. The number of aliphatic imine (C=N–C) groups is 1. The third-order valence-electron chi connectivity index (χ3n) is 4.20. The summed E-state index contributed by atoms with van der Waals surface area (Å²) in [6.45, 7) is 2.76. The molecule has 0 spiro atoms. The molecule has 0 bridgehead atoms. The number of fused-ring (bicyclic) bond motifs is 3. The number of halogens is 1. The van der Waals surface area contributed by atoms with E-state index in [4.69, 9.17) is 16.3 Å². The monoisotopic (exact) mass is 389 g/mol. The van der Waals surface area contributed by atoms with Crippen LogP contribution in [0.4, 0.5) is 0 Å². The molecule has 0 saturated carbocycles. The van der Waals surface area contributed by atoms with Gasteiger partial charge in [0.25, 0.3) is 0 Å². The van der Waals surface area contributed by atoms with Crippen LogP contribution in [0.2, 0.25) is 0 Å². The second kappa shape index (κ2) is 7.06. The van der Waals surface area contributed by atoms with Gasteiger partial charge < -0.3 is 4.74 Å². The van der Waals surface area contributed by atoms with Crippen molar-refractivity contribution in [3.8, 4) is 0 Å². The molecule has 6 heteroatoms. The Kier molecular flexibility index (Phi) is 4.80. The highest BCUT2D eigenvalue weighted by Crippen LogP contribution is 2.51. The maximum absolute atomic E-state index is 11.8. The van der Waals surface area contributed by atoms with Gasteiger partial charge in [-0.15, -0.1) is 0 Å². The van der Waals surface area contributed by atoms with E-state index in [1.165, 1.54) is 26.5 Å². The van der Waals surface area contributed by atoms with Crippen molar-refractivity contribution in [2.24, 2.45) is 4.99 Å². The zero-order chi connectivity index (χ0) is 17.4. The number of carbonyl (C=O) groups is 1. The van der Waals surface area contributed by atoms with E-state index >= 15 is 0 Å². The van der Waals surface area contributed by atoms with Gasteiger partial charge in [-0.3, -0.25) is 9.79 Å². The number of allylic oxidation sites excluding steroid dienone is 8. The van der Waals surface area contributed by atoms with Crippen LogP contribution in [0.25, 0.3) is 0 Å². The lowest BCUT2D eigenvalue weighted by molar-refractivity contribution is -0.141. The first kappa shape index (κ1) is 17.0. The minimum absolute atomic E-state index is 0.224. The summed E-state index contributed by atoms with van der Waals surface area (Å²) in [4.78, 5) is 18.9. The molecule has 0 saturated heterocycles. The Bertz CT molecular complexity index is 872. The summed E-state index contributed by atoms with van der Waals surface area (Å²) in [7, 11) is 0. The summed E-state index contributed by atoms with van der Waals surface area (Å²) in [5.41, 5.74) is 4.96. The zero-order valence-corrected chi connectivity index (χ0v) is 16.1.